The number of phenols is 1. The van der Waals surface area contributed by atoms with Crippen molar-refractivity contribution in [2.45, 2.75) is 26.2 Å². The first-order valence-corrected chi connectivity index (χ1v) is 4.19. The largest absolute Gasteiger partial charge is 0.507 e. The first-order chi connectivity index (χ1) is 5.96. The van der Waals surface area contributed by atoms with Gasteiger partial charge in [0.05, 0.1) is 5.56 Å². The minimum Gasteiger partial charge on any atom is -0.507 e. The van der Waals surface area contributed by atoms with E-state index in [2.05, 4.69) is 0 Å². The maximum atomic E-state index is 9.43. The van der Waals surface area contributed by atoms with Gasteiger partial charge in [0.2, 0.25) is 0 Å². The molecule has 0 unspecified atom stereocenters. The van der Waals surface area contributed by atoms with E-state index < -0.39 is 0 Å². The molecule has 0 saturated heterocycles. The first-order valence-electron chi connectivity index (χ1n) is 4.19. The van der Waals surface area contributed by atoms with Crippen LogP contribution in [0.3, 0.4) is 0 Å². The molecule has 0 atom stereocenters. The van der Waals surface area contributed by atoms with E-state index in [0.29, 0.717) is 5.56 Å². The van der Waals surface area contributed by atoms with Crippen molar-refractivity contribution < 1.29 is 5.11 Å². The van der Waals surface area contributed by atoms with Gasteiger partial charge in [-0.3, -0.25) is 0 Å². The molecule has 2 nitrogen and oxygen atoms in total. The van der Waals surface area contributed by atoms with Crippen LogP contribution in [0.2, 0.25) is 0 Å². The van der Waals surface area contributed by atoms with Gasteiger partial charge in [0.25, 0.3) is 0 Å². The van der Waals surface area contributed by atoms with Crippen LogP contribution in [0, 0.1) is 11.3 Å². The van der Waals surface area contributed by atoms with Crippen molar-refractivity contribution in [3.05, 3.63) is 29.3 Å². The van der Waals surface area contributed by atoms with Crippen LogP contribution in [0.15, 0.2) is 18.2 Å². The molecular formula is C11H13NO. The van der Waals surface area contributed by atoms with Crippen molar-refractivity contribution in [3.8, 4) is 11.8 Å². The third kappa shape index (κ3) is 1.81. The van der Waals surface area contributed by atoms with E-state index in [-0.39, 0.29) is 11.2 Å². The second kappa shape index (κ2) is 3.10. The Morgan fingerprint density at radius 3 is 2.31 bits per heavy atom. The van der Waals surface area contributed by atoms with Crippen LogP contribution in [-0.4, -0.2) is 5.11 Å². The number of hydrogen-bond donors (Lipinski definition) is 1. The number of hydrogen-bond acceptors (Lipinski definition) is 2. The summed E-state index contributed by atoms with van der Waals surface area (Å²) in [6, 6.07) is 7.19. The Labute approximate surface area is 78.4 Å². The third-order valence-corrected chi connectivity index (χ3v) is 1.96. The maximum Gasteiger partial charge on any atom is 0.133 e. The lowest BCUT2D eigenvalue weighted by atomic mass is 9.84. The summed E-state index contributed by atoms with van der Waals surface area (Å²) in [4.78, 5) is 0. The molecule has 0 aliphatic carbocycles. The van der Waals surface area contributed by atoms with E-state index in [9.17, 15) is 5.11 Å². The summed E-state index contributed by atoms with van der Waals surface area (Å²) >= 11 is 0. The van der Waals surface area contributed by atoms with Gasteiger partial charge in [-0.05, 0) is 17.0 Å². The van der Waals surface area contributed by atoms with Gasteiger partial charge in [0.1, 0.15) is 11.8 Å². The van der Waals surface area contributed by atoms with Crippen molar-refractivity contribution in [3.63, 3.8) is 0 Å². The summed E-state index contributed by atoms with van der Waals surface area (Å²) in [7, 11) is 0. The SMILES string of the molecule is CC(C)(C)c1cccc(O)c1C#N. The highest BCUT2D eigenvalue weighted by molar-refractivity contribution is 5.50. The van der Waals surface area contributed by atoms with Crippen molar-refractivity contribution in [1.29, 1.82) is 5.26 Å². The molecule has 13 heavy (non-hydrogen) atoms. The molecule has 1 rings (SSSR count). The van der Waals surface area contributed by atoms with Gasteiger partial charge in [0, 0.05) is 0 Å². The summed E-state index contributed by atoms with van der Waals surface area (Å²) < 4.78 is 0. The molecule has 2 heteroatoms. The lowest BCUT2D eigenvalue weighted by Crippen LogP contribution is -2.13. The predicted octanol–water partition coefficient (Wildman–Crippen LogP) is 2.56. The highest BCUT2D eigenvalue weighted by atomic mass is 16.3. The zero-order valence-electron chi connectivity index (χ0n) is 8.13. The Bertz CT molecular complexity index is 355. The number of nitriles is 1. The number of rotatable bonds is 0. The van der Waals surface area contributed by atoms with Gasteiger partial charge in [-0.2, -0.15) is 5.26 Å². The molecule has 0 bridgehead atoms. The van der Waals surface area contributed by atoms with Crippen LogP contribution in [0.1, 0.15) is 31.9 Å². The molecule has 1 aromatic rings. The van der Waals surface area contributed by atoms with Crippen molar-refractivity contribution in [1.82, 2.24) is 0 Å². The fourth-order valence-electron chi connectivity index (χ4n) is 1.28. The molecule has 0 fully saturated rings. The molecule has 0 radical (unpaired) electrons. The Morgan fingerprint density at radius 2 is 1.92 bits per heavy atom. The smallest absolute Gasteiger partial charge is 0.133 e. The lowest BCUT2D eigenvalue weighted by Gasteiger charge is -2.20. The standard InChI is InChI=1S/C11H13NO/c1-11(2,3)9-5-4-6-10(13)8(9)7-12/h4-6,13H,1-3H3. The molecule has 0 saturated carbocycles. The summed E-state index contributed by atoms with van der Waals surface area (Å²) in [5, 5.41) is 18.3. The molecular weight excluding hydrogens is 162 g/mol. The summed E-state index contributed by atoms with van der Waals surface area (Å²) in [6.45, 7) is 6.05. The van der Waals surface area contributed by atoms with Gasteiger partial charge in [0.15, 0.2) is 0 Å². The van der Waals surface area contributed by atoms with Crippen LogP contribution in [0.4, 0.5) is 0 Å². The second-order valence-corrected chi connectivity index (χ2v) is 4.06. The maximum absolute atomic E-state index is 9.43. The minimum absolute atomic E-state index is 0.0647. The minimum atomic E-state index is -0.107. The van der Waals surface area contributed by atoms with Gasteiger partial charge in [-0.25, -0.2) is 0 Å². The molecule has 0 aliphatic heterocycles. The fraction of sp³-hybridized carbons (Fsp3) is 0.364. The highest BCUT2D eigenvalue weighted by Crippen LogP contribution is 2.30. The quantitative estimate of drug-likeness (QED) is 0.658. The molecule has 68 valence electrons. The van der Waals surface area contributed by atoms with E-state index >= 15 is 0 Å². The summed E-state index contributed by atoms with van der Waals surface area (Å²) in [5.41, 5.74) is 1.16. The lowest BCUT2D eigenvalue weighted by molar-refractivity contribution is 0.469. The normalized spacial score (nSPS) is 10.9. The zero-order chi connectivity index (χ0) is 10.1. The number of benzene rings is 1. The average molecular weight is 175 g/mol. The van der Waals surface area contributed by atoms with Gasteiger partial charge in [-0.15, -0.1) is 0 Å². The fourth-order valence-corrected chi connectivity index (χ4v) is 1.28. The number of nitrogens with zero attached hydrogens (tertiary/aromatic N) is 1. The van der Waals surface area contributed by atoms with Crippen LogP contribution >= 0.6 is 0 Å². The molecule has 0 spiro atoms. The topological polar surface area (TPSA) is 44.0 Å². The van der Waals surface area contributed by atoms with E-state index in [1.807, 2.05) is 32.9 Å². The Hall–Kier alpha value is -1.49. The highest BCUT2D eigenvalue weighted by Gasteiger charge is 2.19. The van der Waals surface area contributed by atoms with Crippen molar-refractivity contribution in [2.75, 3.05) is 0 Å². The van der Waals surface area contributed by atoms with Crippen molar-refractivity contribution in [2.24, 2.45) is 0 Å². The van der Waals surface area contributed by atoms with E-state index in [1.165, 1.54) is 6.07 Å². The predicted molar refractivity (Wildman–Crippen MR) is 51.5 cm³/mol. The Balaban J connectivity index is 3.40. The number of aromatic hydroxyl groups is 1. The van der Waals surface area contributed by atoms with Crippen LogP contribution in [-0.2, 0) is 5.41 Å². The molecule has 1 aromatic carbocycles. The van der Waals surface area contributed by atoms with E-state index in [0.717, 1.165) is 5.56 Å². The van der Waals surface area contributed by atoms with Crippen LogP contribution < -0.4 is 0 Å². The molecule has 0 amide bonds. The molecule has 0 heterocycles. The van der Waals surface area contributed by atoms with E-state index in [4.69, 9.17) is 5.26 Å². The molecule has 0 aliphatic rings. The van der Waals surface area contributed by atoms with Crippen LogP contribution in [0.25, 0.3) is 0 Å². The second-order valence-electron chi connectivity index (χ2n) is 4.06. The molecule has 0 aromatic heterocycles. The number of phenolic OH excluding ortho intramolecular Hbond substituents is 1. The van der Waals surface area contributed by atoms with Gasteiger partial charge in [-0.1, -0.05) is 32.9 Å². The van der Waals surface area contributed by atoms with Gasteiger partial charge < -0.3 is 5.11 Å². The molecule has 1 N–H and O–H groups in total. The Kier molecular flexibility index (Phi) is 2.29. The van der Waals surface area contributed by atoms with Gasteiger partial charge >= 0.3 is 0 Å². The summed E-state index contributed by atoms with van der Waals surface area (Å²) in [6.07, 6.45) is 0. The summed E-state index contributed by atoms with van der Waals surface area (Å²) in [5.74, 6) is 0.0647. The Morgan fingerprint density at radius 1 is 1.31 bits per heavy atom. The van der Waals surface area contributed by atoms with E-state index in [1.54, 1.807) is 6.07 Å². The zero-order valence-corrected chi connectivity index (χ0v) is 8.13. The first kappa shape index (κ1) is 9.60. The monoisotopic (exact) mass is 175 g/mol. The third-order valence-electron chi connectivity index (χ3n) is 1.96. The van der Waals surface area contributed by atoms with Crippen molar-refractivity contribution >= 4 is 0 Å². The average Bonchev–Trinajstić information content (AvgIpc) is 2.02. The van der Waals surface area contributed by atoms with Crippen LogP contribution in [0.5, 0.6) is 5.75 Å².